The number of benzene rings is 1. The fraction of sp³-hybridized carbons (Fsp3) is 0.500. The van der Waals surface area contributed by atoms with Crippen molar-refractivity contribution in [2.24, 2.45) is 7.05 Å². The lowest BCUT2D eigenvalue weighted by Crippen LogP contribution is -2.10. The summed E-state index contributed by atoms with van der Waals surface area (Å²) in [4.78, 5) is 4.79. The van der Waals surface area contributed by atoms with E-state index in [9.17, 15) is 0 Å². The summed E-state index contributed by atoms with van der Waals surface area (Å²) in [6.45, 7) is 1.02. The third-order valence-electron chi connectivity index (χ3n) is 3.59. The topological polar surface area (TPSA) is 29.9 Å². The molecule has 0 atom stereocenters. The van der Waals surface area contributed by atoms with Crippen molar-refractivity contribution in [3.05, 3.63) is 29.6 Å². The monoisotopic (exact) mass is 229 g/mol. The second-order valence-electron chi connectivity index (χ2n) is 4.98. The Labute approximate surface area is 102 Å². The van der Waals surface area contributed by atoms with E-state index in [2.05, 4.69) is 35.1 Å². The van der Waals surface area contributed by atoms with E-state index in [0.29, 0.717) is 5.92 Å². The van der Waals surface area contributed by atoms with Gasteiger partial charge in [-0.1, -0.05) is 6.07 Å². The zero-order valence-corrected chi connectivity index (χ0v) is 10.5. The van der Waals surface area contributed by atoms with Gasteiger partial charge in [-0.05, 0) is 50.6 Å². The van der Waals surface area contributed by atoms with Crippen LogP contribution in [-0.4, -0.2) is 23.1 Å². The van der Waals surface area contributed by atoms with Gasteiger partial charge in [0.2, 0.25) is 0 Å². The first-order valence-electron chi connectivity index (χ1n) is 6.39. The van der Waals surface area contributed by atoms with E-state index in [-0.39, 0.29) is 0 Å². The van der Waals surface area contributed by atoms with Gasteiger partial charge in [-0.3, -0.25) is 0 Å². The van der Waals surface area contributed by atoms with Crippen molar-refractivity contribution < 1.29 is 0 Å². The molecule has 1 aliphatic carbocycles. The average Bonchev–Trinajstić information content (AvgIpc) is 3.13. The molecule has 1 aliphatic rings. The molecule has 0 radical (unpaired) electrons. The molecule has 0 amide bonds. The van der Waals surface area contributed by atoms with E-state index < -0.39 is 0 Å². The summed E-state index contributed by atoms with van der Waals surface area (Å²) in [7, 11) is 4.13. The number of aryl methyl sites for hydroxylation is 1. The van der Waals surface area contributed by atoms with Crippen molar-refractivity contribution in [1.29, 1.82) is 0 Å². The molecule has 2 aromatic rings. The lowest BCUT2D eigenvalue weighted by molar-refractivity contribution is 0.792. The van der Waals surface area contributed by atoms with E-state index >= 15 is 0 Å². The number of likely N-dealkylation sites (N-methyl/N-ethyl adjacent to an activating group) is 1. The molecule has 1 heterocycles. The molecule has 1 saturated carbocycles. The van der Waals surface area contributed by atoms with Gasteiger partial charge in [0.15, 0.2) is 0 Å². The van der Waals surface area contributed by atoms with Gasteiger partial charge in [0, 0.05) is 13.0 Å². The van der Waals surface area contributed by atoms with Crippen molar-refractivity contribution in [3.8, 4) is 0 Å². The van der Waals surface area contributed by atoms with E-state index in [4.69, 9.17) is 4.98 Å². The third-order valence-corrected chi connectivity index (χ3v) is 3.59. The number of nitrogens with zero attached hydrogens (tertiary/aromatic N) is 2. The van der Waals surface area contributed by atoms with Gasteiger partial charge in [-0.2, -0.15) is 0 Å². The van der Waals surface area contributed by atoms with Gasteiger partial charge in [0.25, 0.3) is 0 Å². The zero-order valence-electron chi connectivity index (χ0n) is 10.5. The van der Waals surface area contributed by atoms with Gasteiger partial charge >= 0.3 is 0 Å². The van der Waals surface area contributed by atoms with E-state index in [1.807, 2.05) is 7.05 Å². The normalized spacial score (nSPS) is 15.6. The molecule has 1 aromatic carbocycles. The Morgan fingerprint density at radius 2 is 2.24 bits per heavy atom. The number of imidazole rings is 1. The molecule has 1 fully saturated rings. The van der Waals surface area contributed by atoms with Crippen molar-refractivity contribution in [1.82, 2.24) is 14.9 Å². The smallest absolute Gasteiger partial charge is 0.112 e. The second kappa shape index (κ2) is 4.15. The first kappa shape index (κ1) is 10.8. The van der Waals surface area contributed by atoms with Crippen LogP contribution >= 0.6 is 0 Å². The lowest BCUT2D eigenvalue weighted by atomic mass is 10.1. The molecule has 0 bridgehead atoms. The average molecular weight is 229 g/mol. The number of nitrogens with one attached hydrogen (secondary N) is 1. The third kappa shape index (κ3) is 1.95. The van der Waals surface area contributed by atoms with Crippen LogP contribution in [0.3, 0.4) is 0 Å². The van der Waals surface area contributed by atoms with Crippen LogP contribution in [0.25, 0.3) is 11.0 Å². The predicted molar refractivity (Wildman–Crippen MR) is 70.3 cm³/mol. The summed E-state index contributed by atoms with van der Waals surface area (Å²) in [5, 5.41) is 3.18. The van der Waals surface area contributed by atoms with Crippen LogP contribution in [0.4, 0.5) is 0 Å². The van der Waals surface area contributed by atoms with Gasteiger partial charge in [-0.15, -0.1) is 0 Å². The first-order valence-corrected chi connectivity index (χ1v) is 6.39. The second-order valence-corrected chi connectivity index (χ2v) is 4.98. The molecule has 0 aliphatic heterocycles. The minimum absolute atomic E-state index is 0.716. The van der Waals surface area contributed by atoms with Crippen LogP contribution in [0.1, 0.15) is 30.1 Å². The van der Waals surface area contributed by atoms with Crippen LogP contribution in [0.2, 0.25) is 0 Å². The van der Waals surface area contributed by atoms with Crippen molar-refractivity contribution >= 4 is 11.0 Å². The number of hydrogen-bond donors (Lipinski definition) is 1. The molecular weight excluding hydrogens is 210 g/mol. The van der Waals surface area contributed by atoms with Crippen LogP contribution < -0.4 is 5.32 Å². The summed E-state index contributed by atoms with van der Waals surface area (Å²) in [6.07, 6.45) is 3.69. The standard InChI is InChI=1S/C14H19N3/c1-15-8-7-10-3-6-13-12(9-10)16-14(17(13)2)11-4-5-11/h3,6,9,11,15H,4-5,7-8H2,1-2H3. The van der Waals surface area contributed by atoms with E-state index in [1.54, 1.807) is 0 Å². The summed E-state index contributed by atoms with van der Waals surface area (Å²) < 4.78 is 2.26. The van der Waals surface area contributed by atoms with Gasteiger partial charge in [-0.25, -0.2) is 4.98 Å². The predicted octanol–water partition coefficient (Wildman–Crippen LogP) is 2.21. The summed E-state index contributed by atoms with van der Waals surface area (Å²) >= 11 is 0. The summed E-state index contributed by atoms with van der Waals surface area (Å²) in [6, 6.07) is 6.66. The van der Waals surface area contributed by atoms with Gasteiger partial charge < -0.3 is 9.88 Å². The SMILES string of the molecule is CNCCc1ccc2c(c1)nc(C1CC1)n2C. The number of fused-ring (bicyclic) bond motifs is 1. The highest BCUT2D eigenvalue weighted by Gasteiger charge is 2.28. The van der Waals surface area contributed by atoms with E-state index in [0.717, 1.165) is 18.5 Å². The fourth-order valence-corrected chi connectivity index (χ4v) is 2.40. The molecule has 0 unspecified atom stereocenters. The fourth-order valence-electron chi connectivity index (χ4n) is 2.40. The maximum absolute atomic E-state index is 4.79. The molecule has 1 aromatic heterocycles. The van der Waals surface area contributed by atoms with Crippen LogP contribution in [0.5, 0.6) is 0 Å². The van der Waals surface area contributed by atoms with Crippen LogP contribution in [-0.2, 0) is 13.5 Å². The molecule has 3 nitrogen and oxygen atoms in total. The first-order chi connectivity index (χ1) is 8.29. The number of aromatic nitrogens is 2. The van der Waals surface area contributed by atoms with Crippen LogP contribution in [0, 0.1) is 0 Å². The van der Waals surface area contributed by atoms with Crippen molar-refractivity contribution in [3.63, 3.8) is 0 Å². The van der Waals surface area contributed by atoms with Crippen molar-refractivity contribution in [2.45, 2.75) is 25.2 Å². The quantitative estimate of drug-likeness (QED) is 0.871. The Morgan fingerprint density at radius 3 is 2.94 bits per heavy atom. The Kier molecular flexibility index (Phi) is 2.63. The highest BCUT2D eigenvalue weighted by atomic mass is 15.1. The van der Waals surface area contributed by atoms with Gasteiger partial charge in [0.05, 0.1) is 11.0 Å². The van der Waals surface area contributed by atoms with E-state index in [1.165, 1.54) is 29.7 Å². The molecular formula is C14H19N3. The molecule has 17 heavy (non-hydrogen) atoms. The van der Waals surface area contributed by atoms with Crippen LogP contribution in [0.15, 0.2) is 18.2 Å². The largest absolute Gasteiger partial charge is 0.331 e. The molecule has 0 spiro atoms. The lowest BCUT2D eigenvalue weighted by Gasteiger charge is -2.01. The zero-order chi connectivity index (χ0) is 11.8. The molecule has 0 saturated heterocycles. The Bertz CT molecular complexity index is 538. The minimum atomic E-state index is 0.716. The molecule has 3 heteroatoms. The van der Waals surface area contributed by atoms with Gasteiger partial charge in [0.1, 0.15) is 5.82 Å². The summed E-state index contributed by atoms with van der Waals surface area (Å²) in [5.74, 6) is 1.99. The Balaban J connectivity index is 1.98. The Morgan fingerprint density at radius 1 is 1.41 bits per heavy atom. The van der Waals surface area contributed by atoms with Crippen molar-refractivity contribution in [2.75, 3.05) is 13.6 Å². The maximum atomic E-state index is 4.79. The molecule has 90 valence electrons. The maximum Gasteiger partial charge on any atom is 0.112 e. The molecule has 1 N–H and O–H groups in total. The number of hydrogen-bond acceptors (Lipinski definition) is 2. The highest BCUT2D eigenvalue weighted by Crippen LogP contribution is 2.40. The highest BCUT2D eigenvalue weighted by molar-refractivity contribution is 5.77. The molecule has 3 rings (SSSR count). The number of rotatable bonds is 4. The minimum Gasteiger partial charge on any atom is -0.331 e. The summed E-state index contributed by atoms with van der Waals surface area (Å²) in [5.41, 5.74) is 3.79. The Hall–Kier alpha value is -1.35.